The molecule has 0 unspecified atom stereocenters. The van der Waals surface area contributed by atoms with Gasteiger partial charge in [0.15, 0.2) is 0 Å². The van der Waals surface area contributed by atoms with Crippen LogP contribution in [0.4, 0.5) is 0 Å². The van der Waals surface area contributed by atoms with Gasteiger partial charge in [-0.25, -0.2) is 13.1 Å². The Morgan fingerprint density at radius 2 is 2.14 bits per heavy atom. The van der Waals surface area contributed by atoms with Gasteiger partial charge in [-0.2, -0.15) is 15.0 Å². The number of benzene rings is 1. The predicted octanol–water partition coefficient (Wildman–Crippen LogP) is 0.796. The molecule has 2 N–H and O–H groups in total. The zero-order valence-electron chi connectivity index (χ0n) is 12.6. The lowest BCUT2D eigenvalue weighted by Crippen LogP contribution is -2.46. The standard InChI is InChI=1S/C14H20N4O3S/c1-3-11(9-7-10(19)8-9)17-22(20,21)13-6-4-5-12-14(13)16-18(2)15-12/h4-6,9-11,17,19H,3,7-8H2,1-2H3/t9?,10?,11-/m1/s1. The number of rotatable bonds is 5. The third-order valence-electron chi connectivity index (χ3n) is 4.23. The number of hydrogen-bond acceptors (Lipinski definition) is 5. The Hall–Kier alpha value is -1.51. The second-order valence-electron chi connectivity index (χ2n) is 5.83. The summed E-state index contributed by atoms with van der Waals surface area (Å²) in [6.07, 6.45) is 1.69. The third-order valence-corrected chi connectivity index (χ3v) is 5.75. The molecule has 1 atom stereocenters. The number of aryl methyl sites for hydroxylation is 1. The van der Waals surface area contributed by atoms with Gasteiger partial charge in [0.25, 0.3) is 0 Å². The Bertz CT molecular complexity index is 780. The summed E-state index contributed by atoms with van der Waals surface area (Å²) in [5.74, 6) is 0.191. The van der Waals surface area contributed by atoms with Crippen LogP contribution in [-0.4, -0.2) is 40.7 Å². The lowest BCUT2D eigenvalue weighted by atomic mass is 9.77. The summed E-state index contributed by atoms with van der Waals surface area (Å²) in [4.78, 5) is 1.51. The van der Waals surface area contributed by atoms with E-state index in [0.717, 1.165) is 0 Å². The Morgan fingerprint density at radius 3 is 2.77 bits per heavy atom. The minimum absolute atomic E-state index is 0.149. The van der Waals surface area contributed by atoms with Crippen LogP contribution < -0.4 is 4.72 Å². The van der Waals surface area contributed by atoms with Gasteiger partial charge in [-0.3, -0.25) is 0 Å². The number of aliphatic hydroxyl groups excluding tert-OH is 1. The summed E-state index contributed by atoms with van der Waals surface area (Å²) in [6, 6.07) is 4.78. The summed E-state index contributed by atoms with van der Waals surface area (Å²) in [5.41, 5.74) is 0.929. The zero-order valence-corrected chi connectivity index (χ0v) is 13.4. The van der Waals surface area contributed by atoms with Crippen molar-refractivity contribution >= 4 is 21.1 Å². The molecular weight excluding hydrogens is 304 g/mol. The first-order valence-electron chi connectivity index (χ1n) is 7.41. The molecule has 2 aromatic rings. The van der Waals surface area contributed by atoms with Crippen molar-refractivity contribution in [3.63, 3.8) is 0 Å². The van der Waals surface area contributed by atoms with Gasteiger partial charge in [-0.15, -0.1) is 0 Å². The van der Waals surface area contributed by atoms with Gasteiger partial charge >= 0.3 is 0 Å². The number of fused-ring (bicyclic) bond motifs is 1. The summed E-state index contributed by atoms with van der Waals surface area (Å²) in [6.45, 7) is 1.95. The van der Waals surface area contributed by atoms with E-state index in [1.807, 2.05) is 6.92 Å². The van der Waals surface area contributed by atoms with E-state index < -0.39 is 10.0 Å². The normalized spacial score (nSPS) is 23.4. The van der Waals surface area contributed by atoms with Gasteiger partial charge in [0, 0.05) is 13.1 Å². The molecule has 1 aliphatic carbocycles. The first kappa shape index (κ1) is 15.4. The van der Waals surface area contributed by atoms with Gasteiger partial charge in [0.05, 0.1) is 6.10 Å². The fraction of sp³-hybridized carbons (Fsp3) is 0.571. The van der Waals surface area contributed by atoms with E-state index in [2.05, 4.69) is 14.9 Å². The van der Waals surface area contributed by atoms with Crippen molar-refractivity contribution in [2.75, 3.05) is 0 Å². The highest BCUT2D eigenvalue weighted by Gasteiger charge is 2.35. The van der Waals surface area contributed by atoms with Gasteiger partial charge in [0.2, 0.25) is 10.0 Å². The average molecular weight is 324 g/mol. The van der Waals surface area contributed by atoms with Crippen molar-refractivity contribution in [2.45, 2.75) is 43.2 Å². The summed E-state index contributed by atoms with van der Waals surface area (Å²) in [5, 5.41) is 17.7. The van der Waals surface area contributed by atoms with Gasteiger partial charge in [-0.05, 0) is 37.3 Å². The highest BCUT2D eigenvalue weighted by molar-refractivity contribution is 7.89. The third kappa shape index (κ3) is 2.73. The molecule has 1 fully saturated rings. The summed E-state index contributed by atoms with van der Waals surface area (Å²) in [7, 11) is -2.01. The van der Waals surface area contributed by atoms with Crippen LogP contribution in [0.15, 0.2) is 23.1 Å². The van der Waals surface area contributed by atoms with Crippen molar-refractivity contribution in [3.05, 3.63) is 18.2 Å². The first-order chi connectivity index (χ1) is 10.4. The van der Waals surface area contributed by atoms with E-state index in [0.29, 0.717) is 30.3 Å². The molecule has 1 aliphatic rings. The molecule has 1 saturated carbocycles. The van der Waals surface area contributed by atoms with Crippen LogP contribution in [0.1, 0.15) is 26.2 Å². The minimum atomic E-state index is -3.67. The van der Waals surface area contributed by atoms with Crippen LogP contribution in [0.25, 0.3) is 11.0 Å². The highest BCUT2D eigenvalue weighted by atomic mass is 32.2. The van der Waals surface area contributed by atoms with Crippen LogP contribution in [-0.2, 0) is 17.1 Å². The number of hydrogen-bond donors (Lipinski definition) is 2. The van der Waals surface area contributed by atoms with E-state index >= 15 is 0 Å². The SMILES string of the molecule is CC[C@@H](NS(=O)(=O)c1cccc2nn(C)nc12)C1CC(O)C1. The van der Waals surface area contributed by atoms with E-state index in [4.69, 9.17) is 0 Å². The van der Waals surface area contributed by atoms with Crippen molar-refractivity contribution in [2.24, 2.45) is 13.0 Å². The lowest BCUT2D eigenvalue weighted by Gasteiger charge is -2.37. The van der Waals surface area contributed by atoms with Crippen LogP contribution in [0.5, 0.6) is 0 Å². The van der Waals surface area contributed by atoms with Crippen molar-refractivity contribution in [3.8, 4) is 0 Å². The maximum atomic E-state index is 12.7. The predicted molar refractivity (Wildman–Crippen MR) is 81.6 cm³/mol. The topological polar surface area (TPSA) is 97.1 Å². The molecule has 0 saturated heterocycles. The van der Waals surface area contributed by atoms with Crippen molar-refractivity contribution in [1.29, 1.82) is 0 Å². The number of aliphatic hydroxyl groups is 1. The Morgan fingerprint density at radius 1 is 1.41 bits per heavy atom. The lowest BCUT2D eigenvalue weighted by molar-refractivity contribution is 0.0277. The molecule has 22 heavy (non-hydrogen) atoms. The summed E-state index contributed by atoms with van der Waals surface area (Å²) >= 11 is 0. The van der Waals surface area contributed by atoms with Gasteiger partial charge < -0.3 is 5.11 Å². The van der Waals surface area contributed by atoms with Gasteiger partial charge in [-0.1, -0.05) is 13.0 Å². The van der Waals surface area contributed by atoms with E-state index in [1.54, 1.807) is 25.2 Å². The van der Waals surface area contributed by atoms with Crippen LogP contribution in [0.2, 0.25) is 0 Å². The number of nitrogens with one attached hydrogen (secondary N) is 1. The Kier molecular flexibility index (Phi) is 3.92. The van der Waals surface area contributed by atoms with Crippen LogP contribution >= 0.6 is 0 Å². The molecule has 0 amide bonds. The van der Waals surface area contributed by atoms with Crippen LogP contribution in [0, 0.1) is 5.92 Å². The Balaban J connectivity index is 1.91. The van der Waals surface area contributed by atoms with Crippen molar-refractivity contribution in [1.82, 2.24) is 19.7 Å². The fourth-order valence-electron chi connectivity index (χ4n) is 2.97. The molecular formula is C14H20N4O3S. The maximum Gasteiger partial charge on any atom is 0.243 e. The molecule has 8 heteroatoms. The van der Waals surface area contributed by atoms with Crippen molar-refractivity contribution < 1.29 is 13.5 Å². The molecule has 3 rings (SSSR count). The number of sulfonamides is 1. The fourth-order valence-corrected chi connectivity index (χ4v) is 4.51. The summed E-state index contributed by atoms with van der Waals surface area (Å²) < 4.78 is 28.2. The average Bonchev–Trinajstić information content (AvgIpc) is 2.81. The molecule has 1 aromatic heterocycles. The van der Waals surface area contributed by atoms with Crippen LogP contribution in [0.3, 0.4) is 0 Å². The molecule has 120 valence electrons. The molecule has 0 bridgehead atoms. The number of aromatic nitrogens is 3. The molecule has 1 heterocycles. The van der Waals surface area contributed by atoms with E-state index in [1.165, 1.54) is 4.80 Å². The monoisotopic (exact) mass is 324 g/mol. The molecule has 7 nitrogen and oxygen atoms in total. The second kappa shape index (κ2) is 5.60. The molecule has 0 aliphatic heterocycles. The number of nitrogens with zero attached hydrogens (tertiary/aromatic N) is 3. The maximum absolute atomic E-state index is 12.7. The second-order valence-corrected chi connectivity index (χ2v) is 7.52. The first-order valence-corrected chi connectivity index (χ1v) is 8.89. The smallest absolute Gasteiger partial charge is 0.243 e. The largest absolute Gasteiger partial charge is 0.393 e. The minimum Gasteiger partial charge on any atom is -0.393 e. The van der Waals surface area contributed by atoms with E-state index in [9.17, 15) is 13.5 Å². The molecule has 0 radical (unpaired) electrons. The molecule has 0 spiro atoms. The Labute approximate surface area is 129 Å². The highest BCUT2D eigenvalue weighted by Crippen LogP contribution is 2.32. The van der Waals surface area contributed by atoms with E-state index in [-0.39, 0.29) is 23.0 Å². The quantitative estimate of drug-likeness (QED) is 0.848. The van der Waals surface area contributed by atoms with Gasteiger partial charge in [0.1, 0.15) is 15.9 Å². The zero-order chi connectivity index (χ0) is 15.9. The molecule has 1 aromatic carbocycles.